The zero-order chi connectivity index (χ0) is 19.6. The molecule has 0 saturated carbocycles. The topological polar surface area (TPSA) is 47.6 Å². The Morgan fingerprint density at radius 3 is 2.48 bits per heavy atom. The summed E-state index contributed by atoms with van der Waals surface area (Å²) in [6, 6.07) is 14.1. The van der Waals surface area contributed by atoms with Crippen molar-refractivity contribution in [3.05, 3.63) is 58.1 Å². The monoisotopic (exact) mass is 433 g/mol. The lowest BCUT2D eigenvalue weighted by atomic mass is 10.0. The molecule has 0 atom stereocenters. The Bertz CT molecular complexity index is 729. The first kappa shape index (κ1) is 21.3. The molecule has 27 heavy (non-hydrogen) atoms. The molecule has 2 aromatic carbocycles. The first-order valence-electron chi connectivity index (χ1n) is 9.40. The van der Waals surface area contributed by atoms with Crippen molar-refractivity contribution in [1.82, 2.24) is 5.32 Å². The minimum Gasteiger partial charge on any atom is -0.494 e. The molecule has 0 saturated heterocycles. The van der Waals surface area contributed by atoms with Gasteiger partial charge < -0.3 is 14.8 Å². The lowest BCUT2D eigenvalue weighted by molar-refractivity contribution is -0.123. The van der Waals surface area contributed by atoms with Crippen LogP contribution in [0.1, 0.15) is 44.2 Å². The lowest BCUT2D eigenvalue weighted by Crippen LogP contribution is -2.30. The SMILES string of the molecule is CCOc1ccc(CCCNC(=O)COc2ccc(C(C)C)cc2Br)cc1. The Balaban J connectivity index is 1.67. The number of ether oxygens (including phenoxy) is 2. The molecule has 0 aliphatic carbocycles. The summed E-state index contributed by atoms with van der Waals surface area (Å²) in [5.41, 5.74) is 2.46. The van der Waals surface area contributed by atoms with Crippen molar-refractivity contribution in [3.63, 3.8) is 0 Å². The number of rotatable bonds is 10. The number of halogens is 1. The fourth-order valence-corrected chi connectivity index (χ4v) is 3.14. The number of hydrogen-bond acceptors (Lipinski definition) is 3. The predicted molar refractivity (Wildman–Crippen MR) is 113 cm³/mol. The maximum absolute atomic E-state index is 12.0. The van der Waals surface area contributed by atoms with Crippen molar-refractivity contribution in [2.75, 3.05) is 19.8 Å². The molecule has 0 heterocycles. The van der Waals surface area contributed by atoms with Gasteiger partial charge in [0.2, 0.25) is 0 Å². The van der Waals surface area contributed by atoms with Gasteiger partial charge in [-0.25, -0.2) is 0 Å². The molecule has 0 fully saturated rings. The second kappa shape index (κ2) is 11.0. The summed E-state index contributed by atoms with van der Waals surface area (Å²) in [5.74, 6) is 1.92. The highest BCUT2D eigenvalue weighted by atomic mass is 79.9. The van der Waals surface area contributed by atoms with Crippen LogP contribution in [-0.2, 0) is 11.2 Å². The largest absolute Gasteiger partial charge is 0.494 e. The van der Waals surface area contributed by atoms with Gasteiger partial charge in [0.15, 0.2) is 6.61 Å². The maximum Gasteiger partial charge on any atom is 0.257 e. The summed E-state index contributed by atoms with van der Waals surface area (Å²) in [5, 5.41) is 2.90. The molecule has 0 unspecified atom stereocenters. The van der Waals surface area contributed by atoms with Crippen molar-refractivity contribution in [3.8, 4) is 11.5 Å². The van der Waals surface area contributed by atoms with Gasteiger partial charge in [-0.05, 0) is 77.0 Å². The van der Waals surface area contributed by atoms with Gasteiger partial charge in [-0.3, -0.25) is 4.79 Å². The van der Waals surface area contributed by atoms with Gasteiger partial charge in [0.05, 0.1) is 11.1 Å². The lowest BCUT2D eigenvalue weighted by Gasteiger charge is -2.11. The molecule has 2 aromatic rings. The van der Waals surface area contributed by atoms with E-state index >= 15 is 0 Å². The van der Waals surface area contributed by atoms with E-state index in [0.29, 0.717) is 24.8 Å². The van der Waals surface area contributed by atoms with E-state index in [1.165, 1.54) is 11.1 Å². The van der Waals surface area contributed by atoms with Gasteiger partial charge in [0.25, 0.3) is 5.91 Å². The van der Waals surface area contributed by atoms with E-state index < -0.39 is 0 Å². The van der Waals surface area contributed by atoms with E-state index in [4.69, 9.17) is 9.47 Å². The summed E-state index contributed by atoms with van der Waals surface area (Å²) in [6.07, 6.45) is 1.79. The van der Waals surface area contributed by atoms with Crippen LogP contribution in [0.5, 0.6) is 11.5 Å². The Hall–Kier alpha value is -2.01. The smallest absolute Gasteiger partial charge is 0.257 e. The zero-order valence-corrected chi connectivity index (χ0v) is 17.8. The van der Waals surface area contributed by atoms with Crippen molar-refractivity contribution >= 4 is 21.8 Å². The third-order valence-corrected chi connectivity index (χ3v) is 4.80. The standard InChI is InChI=1S/C22H28BrNO3/c1-4-26-19-10-7-17(8-11-19)6-5-13-24-22(25)15-27-21-12-9-18(16(2)3)14-20(21)23/h7-12,14,16H,4-6,13,15H2,1-3H3,(H,24,25). The highest BCUT2D eigenvalue weighted by molar-refractivity contribution is 9.10. The van der Waals surface area contributed by atoms with Crippen LogP contribution in [0.15, 0.2) is 46.9 Å². The van der Waals surface area contributed by atoms with Crippen LogP contribution >= 0.6 is 15.9 Å². The van der Waals surface area contributed by atoms with E-state index in [2.05, 4.69) is 47.2 Å². The fraction of sp³-hybridized carbons (Fsp3) is 0.409. The maximum atomic E-state index is 12.0. The second-order valence-corrected chi connectivity index (χ2v) is 7.52. The summed E-state index contributed by atoms with van der Waals surface area (Å²) < 4.78 is 11.9. The molecule has 0 radical (unpaired) electrons. The molecule has 146 valence electrons. The number of aryl methyl sites for hydroxylation is 1. The van der Waals surface area contributed by atoms with Gasteiger partial charge in [-0.15, -0.1) is 0 Å². The molecule has 0 spiro atoms. The number of carbonyl (C=O) groups excluding carboxylic acids is 1. The van der Waals surface area contributed by atoms with Gasteiger partial charge in [-0.2, -0.15) is 0 Å². The van der Waals surface area contributed by atoms with Crippen molar-refractivity contribution in [2.24, 2.45) is 0 Å². The third kappa shape index (κ3) is 7.25. The van der Waals surface area contributed by atoms with Gasteiger partial charge >= 0.3 is 0 Å². The molecule has 2 rings (SSSR count). The Kier molecular flexibility index (Phi) is 8.65. The van der Waals surface area contributed by atoms with Crippen molar-refractivity contribution < 1.29 is 14.3 Å². The number of benzene rings is 2. The number of nitrogens with one attached hydrogen (secondary N) is 1. The quantitative estimate of drug-likeness (QED) is 0.530. The molecule has 0 bridgehead atoms. The van der Waals surface area contributed by atoms with Crippen LogP contribution in [0.3, 0.4) is 0 Å². The summed E-state index contributed by atoms with van der Waals surface area (Å²) in [4.78, 5) is 12.0. The van der Waals surface area contributed by atoms with Crippen LogP contribution in [0.25, 0.3) is 0 Å². The molecule has 1 N–H and O–H groups in total. The Morgan fingerprint density at radius 2 is 1.85 bits per heavy atom. The summed E-state index contributed by atoms with van der Waals surface area (Å²) in [7, 11) is 0. The average Bonchev–Trinajstić information content (AvgIpc) is 2.65. The number of hydrogen-bond donors (Lipinski definition) is 1. The molecule has 0 aliphatic rings. The molecular weight excluding hydrogens is 406 g/mol. The predicted octanol–water partition coefficient (Wildman–Crippen LogP) is 5.10. The van der Waals surface area contributed by atoms with Gasteiger partial charge in [-0.1, -0.05) is 32.0 Å². The average molecular weight is 434 g/mol. The summed E-state index contributed by atoms with van der Waals surface area (Å²) in [6.45, 7) is 7.57. The van der Waals surface area contributed by atoms with Gasteiger partial charge in [0, 0.05) is 6.54 Å². The van der Waals surface area contributed by atoms with Crippen LogP contribution < -0.4 is 14.8 Å². The Labute approximate surface area is 170 Å². The van der Waals surface area contributed by atoms with Crippen LogP contribution in [0.4, 0.5) is 0 Å². The van der Waals surface area contributed by atoms with E-state index in [9.17, 15) is 4.79 Å². The second-order valence-electron chi connectivity index (χ2n) is 6.66. The van der Waals surface area contributed by atoms with Crippen molar-refractivity contribution in [1.29, 1.82) is 0 Å². The highest BCUT2D eigenvalue weighted by Crippen LogP contribution is 2.28. The Morgan fingerprint density at radius 1 is 1.11 bits per heavy atom. The fourth-order valence-electron chi connectivity index (χ4n) is 2.63. The van der Waals surface area contributed by atoms with Crippen LogP contribution in [0, 0.1) is 0 Å². The van der Waals surface area contributed by atoms with Crippen LogP contribution in [-0.4, -0.2) is 25.7 Å². The molecule has 0 aliphatic heterocycles. The molecule has 4 nitrogen and oxygen atoms in total. The number of carbonyl (C=O) groups is 1. The normalized spacial score (nSPS) is 10.7. The zero-order valence-electron chi connectivity index (χ0n) is 16.3. The van der Waals surface area contributed by atoms with E-state index in [1.807, 2.05) is 37.3 Å². The first-order valence-corrected chi connectivity index (χ1v) is 10.2. The molecule has 5 heteroatoms. The van der Waals surface area contributed by atoms with E-state index in [-0.39, 0.29) is 12.5 Å². The minimum atomic E-state index is -0.110. The molecule has 1 amide bonds. The molecular formula is C22H28BrNO3. The van der Waals surface area contributed by atoms with E-state index in [1.54, 1.807) is 0 Å². The van der Waals surface area contributed by atoms with Gasteiger partial charge in [0.1, 0.15) is 11.5 Å². The molecule has 0 aromatic heterocycles. The summed E-state index contributed by atoms with van der Waals surface area (Å²) >= 11 is 3.50. The number of amides is 1. The first-order chi connectivity index (χ1) is 13.0. The van der Waals surface area contributed by atoms with Crippen LogP contribution in [0.2, 0.25) is 0 Å². The van der Waals surface area contributed by atoms with E-state index in [0.717, 1.165) is 23.1 Å². The highest BCUT2D eigenvalue weighted by Gasteiger charge is 2.08. The van der Waals surface area contributed by atoms with Crippen molar-refractivity contribution in [2.45, 2.75) is 39.5 Å². The third-order valence-electron chi connectivity index (χ3n) is 4.18. The minimum absolute atomic E-state index is 0.0165.